The maximum atomic E-state index is 11.9. The maximum Gasteiger partial charge on any atom is 0.320 e. The van der Waals surface area contributed by atoms with E-state index in [1.165, 1.54) is 7.11 Å². The van der Waals surface area contributed by atoms with Crippen molar-refractivity contribution in [2.75, 3.05) is 7.11 Å². The third-order valence-electron chi connectivity index (χ3n) is 4.24. The monoisotopic (exact) mass is 210 g/mol. The molecule has 2 saturated carbocycles. The Morgan fingerprint density at radius 3 is 2.40 bits per heavy atom. The van der Waals surface area contributed by atoms with Crippen LogP contribution in [0.1, 0.15) is 26.7 Å². The lowest BCUT2D eigenvalue weighted by Crippen LogP contribution is -2.45. The van der Waals surface area contributed by atoms with Crippen LogP contribution in [0, 0.1) is 16.7 Å². The molecule has 0 radical (unpaired) electrons. The molecule has 0 N–H and O–H groups in total. The van der Waals surface area contributed by atoms with Crippen molar-refractivity contribution in [1.29, 1.82) is 0 Å². The lowest BCUT2D eigenvalue weighted by Gasteiger charge is -2.32. The number of carbonyl (C=O) groups is 3. The molecule has 0 spiro atoms. The molecule has 15 heavy (non-hydrogen) atoms. The number of rotatable bonds is 1. The fraction of sp³-hybridized carbons (Fsp3) is 0.727. The third-order valence-corrected chi connectivity index (χ3v) is 4.24. The first-order valence-corrected chi connectivity index (χ1v) is 5.06. The Kier molecular flexibility index (Phi) is 1.85. The molecule has 4 heteroatoms. The Morgan fingerprint density at radius 1 is 1.40 bits per heavy atom. The summed E-state index contributed by atoms with van der Waals surface area (Å²) in [6.45, 7) is 3.62. The van der Waals surface area contributed by atoms with Crippen LogP contribution in [0.5, 0.6) is 0 Å². The van der Waals surface area contributed by atoms with E-state index in [0.29, 0.717) is 12.8 Å². The van der Waals surface area contributed by atoms with Gasteiger partial charge >= 0.3 is 5.97 Å². The van der Waals surface area contributed by atoms with Gasteiger partial charge in [0.25, 0.3) is 0 Å². The first-order valence-electron chi connectivity index (χ1n) is 5.06. The number of carbonyl (C=O) groups excluding carboxylic acids is 3. The Morgan fingerprint density at radius 2 is 2.00 bits per heavy atom. The van der Waals surface area contributed by atoms with Crippen LogP contribution in [0.25, 0.3) is 0 Å². The Balaban J connectivity index is 2.59. The van der Waals surface area contributed by atoms with Gasteiger partial charge < -0.3 is 4.74 Å². The fourth-order valence-corrected chi connectivity index (χ4v) is 3.21. The van der Waals surface area contributed by atoms with Crippen molar-refractivity contribution in [3.63, 3.8) is 0 Å². The second-order valence-corrected chi connectivity index (χ2v) is 4.90. The molecule has 2 bridgehead atoms. The van der Waals surface area contributed by atoms with Gasteiger partial charge in [-0.3, -0.25) is 14.4 Å². The molecule has 0 aliphatic heterocycles. The van der Waals surface area contributed by atoms with Crippen LogP contribution in [0.15, 0.2) is 0 Å². The number of esters is 1. The van der Waals surface area contributed by atoms with E-state index in [4.69, 9.17) is 4.74 Å². The maximum absolute atomic E-state index is 11.9. The smallest absolute Gasteiger partial charge is 0.320 e. The molecule has 0 aromatic rings. The van der Waals surface area contributed by atoms with Gasteiger partial charge in [-0.25, -0.2) is 0 Å². The number of ether oxygens (including phenoxy) is 1. The summed E-state index contributed by atoms with van der Waals surface area (Å²) in [6, 6.07) is 0. The van der Waals surface area contributed by atoms with Crippen molar-refractivity contribution >= 4 is 17.5 Å². The molecule has 2 atom stereocenters. The summed E-state index contributed by atoms with van der Waals surface area (Å²) in [5.41, 5.74) is -1.79. The van der Waals surface area contributed by atoms with E-state index in [9.17, 15) is 14.4 Å². The largest absolute Gasteiger partial charge is 0.468 e. The van der Waals surface area contributed by atoms with Gasteiger partial charge in [-0.15, -0.1) is 0 Å². The van der Waals surface area contributed by atoms with Gasteiger partial charge in [-0.2, -0.15) is 0 Å². The standard InChI is InChI=1S/C11H14O4/c1-10(2)6-4-5-11(10,9(14)15-3)8(13)7(6)12/h6H,4-5H2,1-3H3/t6-,11-/m0/s1. The molecule has 2 aliphatic rings. The van der Waals surface area contributed by atoms with Crippen LogP contribution >= 0.6 is 0 Å². The summed E-state index contributed by atoms with van der Waals surface area (Å²) in [6.07, 6.45) is 1.06. The van der Waals surface area contributed by atoms with E-state index in [1.54, 1.807) is 0 Å². The van der Waals surface area contributed by atoms with E-state index in [-0.39, 0.29) is 5.92 Å². The number of hydrogen-bond acceptors (Lipinski definition) is 4. The number of fused-ring (bicyclic) bond motifs is 2. The van der Waals surface area contributed by atoms with Crippen LogP contribution in [0.2, 0.25) is 0 Å². The Hall–Kier alpha value is -1.19. The van der Waals surface area contributed by atoms with Crippen molar-refractivity contribution in [1.82, 2.24) is 0 Å². The summed E-state index contributed by atoms with van der Waals surface area (Å²) in [5.74, 6) is -1.79. The minimum absolute atomic E-state index is 0.302. The van der Waals surface area contributed by atoms with Crippen molar-refractivity contribution in [3.8, 4) is 0 Å². The molecule has 0 saturated heterocycles. The molecule has 0 amide bonds. The average Bonchev–Trinajstić information content (AvgIpc) is 2.53. The molecule has 0 heterocycles. The summed E-state index contributed by atoms with van der Waals surface area (Å²) in [7, 11) is 1.26. The Labute approximate surface area is 88.0 Å². The van der Waals surface area contributed by atoms with E-state index in [1.807, 2.05) is 13.8 Å². The van der Waals surface area contributed by atoms with Crippen molar-refractivity contribution in [2.24, 2.45) is 16.7 Å². The molecular weight excluding hydrogens is 196 g/mol. The van der Waals surface area contributed by atoms with Gasteiger partial charge in [0.2, 0.25) is 11.6 Å². The summed E-state index contributed by atoms with van der Waals surface area (Å²) in [5, 5.41) is 0. The highest BCUT2D eigenvalue weighted by atomic mass is 16.5. The molecule has 4 nitrogen and oxygen atoms in total. The van der Waals surface area contributed by atoms with Gasteiger partial charge in [0.15, 0.2) is 0 Å². The molecule has 2 fully saturated rings. The summed E-state index contributed by atoms with van der Waals surface area (Å²) in [4.78, 5) is 35.3. The highest BCUT2D eigenvalue weighted by molar-refractivity contribution is 6.47. The first kappa shape index (κ1) is 10.3. The van der Waals surface area contributed by atoms with Crippen LogP contribution in [-0.2, 0) is 19.1 Å². The molecule has 82 valence electrons. The van der Waals surface area contributed by atoms with E-state index >= 15 is 0 Å². The van der Waals surface area contributed by atoms with E-state index in [0.717, 1.165) is 0 Å². The molecule has 2 aliphatic carbocycles. The van der Waals surface area contributed by atoms with Crippen LogP contribution in [-0.4, -0.2) is 24.6 Å². The molecule has 0 aromatic carbocycles. The first-order chi connectivity index (χ1) is 6.89. The van der Waals surface area contributed by atoms with Crippen molar-refractivity contribution in [3.05, 3.63) is 0 Å². The number of hydrogen-bond donors (Lipinski definition) is 0. The lowest BCUT2D eigenvalue weighted by molar-refractivity contribution is -0.162. The highest BCUT2D eigenvalue weighted by Crippen LogP contribution is 2.62. The van der Waals surface area contributed by atoms with Gasteiger partial charge in [-0.05, 0) is 18.3 Å². The van der Waals surface area contributed by atoms with Crippen molar-refractivity contribution < 1.29 is 19.1 Å². The number of Topliss-reactive ketones (excluding diaryl/α,β-unsaturated/α-hetero) is 2. The van der Waals surface area contributed by atoms with E-state index in [2.05, 4.69) is 0 Å². The normalized spacial score (nSPS) is 37.1. The van der Waals surface area contributed by atoms with Gasteiger partial charge in [0.05, 0.1) is 7.11 Å². The van der Waals surface area contributed by atoms with E-state index < -0.39 is 28.4 Å². The van der Waals surface area contributed by atoms with Gasteiger partial charge in [-0.1, -0.05) is 13.8 Å². The number of methoxy groups -OCH3 is 1. The van der Waals surface area contributed by atoms with Gasteiger partial charge in [0.1, 0.15) is 5.41 Å². The van der Waals surface area contributed by atoms with Crippen molar-refractivity contribution in [2.45, 2.75) is 26.7 Å². The third kappa shape index (κ3) is 0.856. The summed E-state index contributed by atoms with van der Waals surface area (Å²) < 4.78 is 4.70. The average molecular weight is 210 g/mol. The molecule has 2 rings (SSSR count). The zero-order valence-corrected chi connectivity index (χ0v) is 9.12. The topological polar surface area (TPSA) is 60.4 Å². The predicted octanol–water partition coefficient (Wildman–Crippen LogP) is 0.734. The minimum Gasteiger partial charge on any atom is -0.468 e. The minimum atomic E-state index is -1.20. The molecule has 0 unspecified atom stereocenters. The second-order valence-electron chi connectivity index (χ2n) is 4.90. The second kappa shape index (κ2) is 2.68. The SMILES string of the molecule is COC(=O)[C@]12CC[C@@H](C(=O)C1=O)C2(C)C. The number of ketones is 2. The zero-order chi connectivity index (χ0) is 11.4. The fourth-order valence-electron chi connectivity index (χ4n) is 3.21. The molecular formula is C11H14O4. The van der Waals surface area contributed by atoms with Crippen LogP contribution < -0.4 is 0 Å². The highest BCUT2D eigenvalue weighted by Gasteiger charge is 2.73. The predicted molar refractivity (Wildman–Crippen MR) is 51.0 cm³/mol. The summed E-state index contributed by atoms with van der Waals surface area (Å²) >= 11 is 0. The van der Waals surface area contributed by atoms with Crippen LogP contribution in [0.3, 0.4) is 0 Å². The lowest BCUT2D eigenvalue weighted by atomic mass is 9.69. The van der Waals surface area contributed by atoms with Gasteiger partial charge in [0, 0.05) is 5.92 Å². The van der Waals surface area contributed by atoms with Crippen LogP contribution in [0.4, 0.5) is 0 Å². The quantitative estimate of drug-likeness (QED) is 0.364. The Bertz CT molecular complexity index is 369. The zero-order valence-electron chi connectivity index (χ0n) is 9.12. The molecule has 0 aromatic heterocycles.